The molecule has 0 aromatic heterocycles. The summed E-state index contributed by atoms with van der Waals surface area (Å²) in [4.78, 5) is 16.3. The summed E-state index contributed by atoms with van der Waals surface area (Å²) in [6, 6.07) is 14.2. The Labute approximate surface area is 189 Å². The molecule has 1 amide bonds. The molecule has 3 N–H and O–H groups in total. The smallest absolute Gasteiger partial charge is 0.225 e. The molecule has 2 aromatic carbocycles. The third-order valence-corrected chi connectivity index (χ3v) is 5.02. The first-order valence-corrected chi connectivity index (χ1v) is 9.57. The van der Waals surface area contributed by atoms with Gasteiger partial charge >= 0.3 is 0 Å². The molecule has 29 heavy (non-hydrogen) atoms. The number of fused-ring (bicyclic) bond motifs is 1. The van der Waals surface area contributed by atoms with Gasteiger partial charge in [0, 0.05) is 38.2 Å². The minimum Gasteiger partial charge on any atom is -0.496 e. The SMILES string of the molecule is CN=C(NCCc1ccc(C)c(OC)c1)NCC1CC(=O)Nc2ccccc21.I. The Bertz CT molecular complexity index is 870. The molecule has 0 saturated carbocycles. The molecule has 1 atom stereocenters. The van der Waals surface area contributed by atoms with E-state index < -0.39 is 0 Å². The number of hydrogen-bond donors (Lipinski definition) is 3. The third kappa shape index (κ3) is 6.09. The lowest BCUT2D eigenvalue weighted by Crippen LogP contribution is -2.41. The van der Waals surface area contributed by atoms with Gasteiger partial charge in [-0.25, -0.2) is 0 Å². The van der Waals surface area contributed by atoms with Crippen LogP contribution in [0, 0.1) is 6.92 Å². The number of nitrogens with zero attached hydrogens (tertiary/aromatic N) is 1. The largest absolute Gasteiger partial charge is 0.496 e. The summed E-state index contributed by atoms with van der Waals surface area (Å²) in [5, 5.41) is 9.63. The van der Waals surface area contributed by atoms with Crippen molar-refractivity contribution >= 4 is 41.5 Å². The van der Waals surface area contributed by atoms with Crippen molar-refractivity contribution in [3.8, 4) is 5.75 Å². The van der Waals surface area contributed by atoms with Crippen molar-refractivity contribution in [1.29, 1.82) is 0 Å². The lowest BCUT2D eigenvalue weighted by Gasteiger charge is -2.26. The van der Waals surface area contributed by atoms with Gasteiger partial charge in [-0.2, -0.15) is 0 Å². The molecule has 1 heterocycles. The van der Waals surface area contributed by atoms with E-state index >= 15 is 0 Å². The Balaban J connectivity index is 0.00000300. The number of ether oxygens (including phenoxy) is 1. The average Bonchev–Trinajstić information content (AvgIpc) is 2.71. The zero-order valence-corrected chi connectivity index (χ0v) is 19.4. The van der Waals surface area contributed by atoms with Crippen LogP contribution in [0.25, 0.3) is 0 Å². The average molecular weight is 508 g/mol. The number of methoxy groups -OCH3 is 1. The molecule has 0 saturated heterocycles. The Morgan fingerprint density at radius 3 is 2.79 bits per heavy atom. The van der Waals surface area contributed by atoms with E-state index in [-0.39, 0.29) is 35.8 Å². The standard InChI is InChI=1S/C22H28N4O2.HI/c1-15-8-9-16(12-20(15)28-3)10-11-24-22(23-2)25-14-17-13-21(27)26-19-7-5-4-6-18(17)19;/h4-9,12,17H,10-11,13-14H2,1-3H3,(H,26,27)(H2,23,24,25);1H. The van der Waals surface area contributed by atoms with Crippen LogP contribution in [0.4, 0.5) is 5.69 Å². The Morgan fingerprint density at radius 2 is 2.03 bits per heavy atom. The fourth-order valence-corrected chi connectivity index (χ4v) is 3.47. The number of guanidine groups is 1. The highest BCUT2D eigenvalue weighted by Crippen LogP contribution is 2.31. The second kappa shape index (κ2) is 11.0. The minimum absolute atomic E-state index is 0. The molecule has 3 rings (SSSR count). The number of aryl methyl sites for hydroxylation is 1. The van der Waals surface area contributed by atoms with Gasteiger partial charge in [0.25, 0.3) is 0 Å². The predicted octanol–water partition coefficient (Wildman–Crippen LogP) is 3.46. The van der Waals surface area contributed by atoms with Crippen molar-refractivity contribution in [1.82, 2.24) is 10.6 Å². The summed E-state index contributed by atoms with van der Waals surface area (Å²) >= 11 is 0. The molecule has 1 aliphatic rings. The van der Waals surface area contributed by atoms with Gasteiger partial charge in [0.15, 0.2) is 5.96 Å². The van der Waals surface area contributed by atoms with Gasteiger partial charge in [-0.05, 0) is 42.2 Å². The normalized spacial score (nSPS) is 15.6. The predicted molar refractivity (Wildman–Crippen MR) is 129 cm³/mol. The van der Waals surface area contributed by atoms with Gasteiger partial charge in [0.2, 0.25) is 5.91 Å². The molecule has 0 radical (unpaired) electrons. The van der Waals surface area contributed by atoms with Crippen molar-refractivity contribution in [3.05, 3.63) is 59.2 Å². The maximum atomic E-state index is 12.0. The lowest BCUT2D eigenvalue weighted by molar-refractivity contribution is -0.116. The first-order valence-electron chi connectivity index (χ1n) is 9.57. The van der Waals surface area contributed by atoms with E-state index in [1.165, 1.54) is 5.56 Å². The monoisotopic (exact) mass is 508 g/mol. The molecule has 7 heteroatoms. The summed E-state index contributed by atoms with van der Waals surface area (Å²) in [7, 11) is 3.45. The highest BCUT2D eigenvalue weighted by atomic mass is 127. The van der Waals surface area contributed by atoms with E-state index in [4.69, 9.17) is 4.74 Å². The first kappa shape index (κ1) is 23.0. The van der Waals surface area contributed by atoms with E-state index in [1.54, 1.807) is 14.2 Å². The van der Waals surface area contributed by atoms with Crippen molar-refractivity contribution < 1.29 is 9.53 Å². The van der Waals surface area contributed by atoms with Gasteiger partial charge in [-0.15, -0.1) is 24.0 Å². The van der Waals surface area contributed by atoms with Crippen molar-refractivity contribution in [2.45, 2.75) is 25.7 Å². The lowest BCUT2D eigenvalue weighted by atomic mass is 9.90. The number of anilines is 1. The first-order chi connectivity index (χ1) is 13.6. The van der Waals surface area contributed by atoms with Crippen LogP contribution >= 0.6 is 24.0 Å². The Morgan fingerprint density at radius 1 is 1.24 bits per heavy atom. The minimum atomic E-state index is 0. The van der Waals surface area contributed by atoms with Crippen LogP contribution in [0.15, 0.2) is 47.5 Å². The van der Waals surface area contributed by atoms with Crippen LogP contribution in [0.5, 0.6) is 5.75 Å². The van der Waals surface area contributed by atoms with E-state index in [0.717, 1.165) is 41.5 Å². The fourth-order valence-electron chi connectivity index (χ4n) is 3.47. The quantitative estimate of drug-likeness (QED) is 0.318. The number of rotatable bonds is 6. The number of amides is 1. The fraction of sp³-hybridized carbons (Fsp3) is 0.364. The van der Waals surface area contributed by atoms with Gasteiger partial charge in [-0.1, -0.05) is 30.3 Å². The van der Waals surface area contributed by atoms with Gasteiger partial charge in [-0.3, -0.25) is 9.79 Å². The van der Waals surface area contributed by atoms with Crippen molar-refractivity contribution in [3.63, 3.8) is 0 Å². The number of hydrogen-bond acceptors (Lipinski definition) is 3. The molecular formula is C22H29IN4O2. The maximum absolute atomic E-state index is 12.0. The van der Waals surface area contributed by atoms with Crippen LogP contribution in [0.3, 0.4) is 0 Å². The maximum Gasteiger partial charge on any atom is 0.225 e. The van der Waals surface area contributed by atoms with Crippen LogP contribution in [0.2, 0.25) is 0 Å². The zero-order chi connectivity index (χ0) is 19.9. The van der Waals surface area contributed by atoms with Crippen molar-refractivity contribution in [2.75, 3.05) is 32.6 Å². The summed E-state index contributed by atoms with van der Waals surface area (Å²) in [5.74, 6) is 1.84. The highest BCUT2D eigenvalue weighted by molar-refractivity contribution is 14.0. The summed E-state index contributed by atoms with van der Waals surface area (Å²) in [6.07, 6.45) is 1.34. The van der Waals surface area contributed by atoms with Crippen LogP contribution < -0.4 is 20.7 Å². The van der Waals surface area contributed by atoms with Crippen LogP contribution in [0.1, 0.15) is 29.0 Å². The summed E-state index contributed by atoms with van der Waals surface area (Å²) < 4.78 is 5.39. The number of carbonyl (C=O) groups excluding carboxylic acids is 1. The highest BCUT2D eigenvalue weighted by Gasteiger charge is 2.24. The van der Waals surface area contributed by atoms with E-state index in [9.17, 15) is 4.79 Å². The van der Waals surface area contributed by atoms with Crippen LogP contribution in [-0.4, -0.2) is 39.1 Å². The number of para-hydroxylation sites is 1. The van der Waals surface area contributed by atoms with E-state index in [0.29, 0.717) is 13.0 Å². The number of halogens is 1. The van der Waals surface area contributed by atoms with Crippen molar-refractivity contribution in [2.24, 2.45) is 4.99 Å². The molecule has 2 aromatic rings. The second-order valence-corrected chi connectivity index (χ2v) is 6.97. The number of benzene rings is 2. The van der Waals surface area contributed by atoms with Gasteiger partial charge < -0.3 is 20.7 Å². The summed E-state index contributed by atoms with van der Waals surface area (Å²) in [5.41, 5.74) is 4.41. The second-order valence-electron chi connectivity index (χ2n) is 6.97. The Kier molecular flexibility index (Phi) is 8.75. The molecule has 0 bridgehead atoms. The number of nitrogens with one attached hydrogen (secondary N) is 3. The van der Waals surface area contributed by atoms with E-state index in [1.807, 2.05) is 25.1 Å². The van der Waals surface area contributed by atoms with Crippen LogP contribution in [-0.2, 0) is 11.2 Å². The molecule has 0 fully saturated rings. The van der Waals surface area contributed by atoms with Gasteiger partial charge in [0.05, 0.1) is 7.11 Å². The van der Waals surface area contributed by atoms with Gasteiger partial charge in [0.1, 0.15) is 5.75 Å². The number of carbonyl (C=O) groups is 1. The molecule has 0 aliphatic carbocycles. The molecule has 1 aliphatic heterocycles. The molecular weight excluding hydrogens is 479 g/mol. The zero-order valence-electron chi connectivity index (χ0n) is 17.1. The number of aliphatic imine (C=N–C) groups is 1. The van der Waals surface area contributed by atoms with E-state index in [2.05, 4.69) is 45.2 Å². The molecule has 0 spiro atoms. The molecule has 1 unspecified atom stereocenters. The topological polar surface area (TPSA) is 74.8 Å². The Hall–Kier alpha value is -2.29. The molecule has 156 valence electrons. The summed E-state index contributed by atoms with van der Waals surface area (Å²) in [6.45, 7) is 3.45. The third-order valence-electron chi connectivity index (χ3n) is 5.02. The molecule has 6 nitrogen and oxygen atoms in total.